The normalized spacial score (nSPS) is 11.6. The molecule has 0 bridgehead atoms. The maximum Gasteiger partial charge on any atom is 0.231 e. The molecule has 0 aromatic carbocycles. The Bertz CT molecular complexity index is 260. The van der Waals surface area contributed by atoms with Gasteiger partial charge in [0.15, 0.2) is 5.78 Å². The highest BCUT2D eigenvalue weighted by Crippen LogP contribution is 1.97. The minimum Gasteiger partial charge on any atom is -0.369 e. The van der Waals surface area contributed by atoms with E-state index in [1.807, 2.05) is 25.7 Å². The molecule has 0 atom stereocenters. The van der Waals surface area contributed by atoms with Gasteiger partial charge in [0.05, 0.1) is 6.54 Å². The number of amides is 1. The quantitative estimate of drug-likeness (QED) is 0.627. The van der Waals surface area contributed by atoms with E-state index < -0.39 is 0 Å². The van der Waals surface area contributed by atoms with Crippen molar-refractivity contribution in [3.63, 3.8) is 0 Å². The Morgan fingerprint density at radius 3 is 2.44 bits per heavy atom. The van der Waals surface area contributed by atoms with Crippen molar-refractivity contribution in [3.8, 4) is 0 Å². The number of hydrogen-bond acceptors (Lipinski definition) is 3. The SMILES string of the molecule is CCCN(C/C=C/C(=O)C(C)C)CC(N)=O. The molecule has 4 heteroatoms. The molecule has 0 heterocycles. The van der Waals surface area contributed by atoms with Crippen LogP contribution in [0.5, 0.6) is 0 Å². The monoisotopic (exact) mass is 226 g/mol. The van der Waals surface area contributed by atoms with Gasteiger partial charge in [-0.3, -0.25) is 14.5 Å². The van der Waals surface area contributed by atoms with Crippen LogP contribution >= 0.6 is 0 Å². The highest BCUT2D eigenvalue weighted by molar-refractivity contribution is 5.91. The Morgan fingerprint density at radius 2 is 2.00 bits per heavy atom. The van der Waals surface area contributed by atoms with Gasteiger partial charge in [0, 0.05) is 12.5 Å². The number of rotatable bonds is 8. The van der Waals surface area contributed by atoms with Crippen molar-refractivity contribution in [2.75, 3.05) is 19.6 Å². The van der Waals surface area contributed by atoms with Gasteiger partial charge in [-0.05, 0) is 19.0 Å². The average molecular weight is 226 g/mol. The molecule has 0 fully saturated rings. The minimum atomic E-state index is -0.336. The summed E-state index contributed by atoms with van der Waals surface area (Å²) in [6.45, 7) is 7.41. The Morgan fingerprint density at radius 1 is 1.38 bits per heavy atom. The summed E-state index contributed by atoms with van der Waals surface area (Å²) in [4.78, 5) is 24.0. The minimum absolute atomic E-state index is 0.0204. The topological polar surface area (TPSA) is 63.4 Å². The molecule has 92 valence electrons. The molecule has 1 amide bonds. The Kier molecular flexibility index (Phi) is 7.46. The first-order valence-corrected chi connectivity index (χ1v) is 5.68. The average Bonchev–Trinajstić information content (AvgIpc) is 2.16. The summed E-state index contributed by atoms with van der Waals surface area (Å²) >= 11 is 0. The number of primary amides is 1. The zero-order valence-electron chi connectivity index (χ0n) is 10.4. The number of allylic oxidation sites excluding steroid dienone is 1. The number of nitrogens with two attached hydrogens (primary N) is 1. The van der Waals surface area contributed by atoms with E-state index >= 15 is 0 Å². The fraction of sp³-hybridized carbons (Fsp3) is 0.667. The zero-order valence-corrected chi connectivity index (χ0v) is 10.4. The molecule has 16 heavy (non-hydrogen) atoms. The van der Waals surface area contributed by atoms with Gasteiger partial charge in [0.25, 0.3) is 0 Å². The molecule has 2 N–H and O–H groups in total. The van der Waals surface area contributed by atoms with Gasteiger partial charge in [-0.15, -0.1) is 0 Å². The number of carbonyl (C=O) groups excluding carboxylic acids is 2. The van der Waals surface area contributed by atoms with E-state index in [1.165, 1.54) is 0 Å². The Labute approximate surface area is 97.5 Å². The third-order valence-electron chi connectivity index (χ3n) is 2.13. The first kappa shape index (κ1) is 14.8. The van der Waals surface area contributed by atoms with E-state index in [0.29, 0.717) is 6.54 Å². The molecule has 0 saturated heterocycles. The van der Waals surface area contributed by atoms with Gasteiger partial charge in [0.2, 0.25) is 5.91 Å². The molecule has 4 nitrogen and oxygen atoms in total. The molecule has 0 aromatic heterocycles. The van der Waals surface area contributed by atoms with Gasteiger partial charge in [-0.1, -0.05) is 26.8 Å². The molecule has 0 radical (unpaired) electrons. The molecule has 0 unspecified atom stereocenters. The van der Waals surface area contributed by atoms with Crippen LogP contribution in [0.3, 0.4) is 0 Å². The van der Waals surface area contributed by atoms with E-state index in [-0.39, 0.29) is 24.2 Å². The van der Waals surface area contributed by atoms with Crippen molar-refractivity contribution >= 4 is 11.7 Å². The summed E-state index contributed by atoms with van der Waals surface area (Å²) in [5, 5.41) is 0. The maximum absolute atomic E-state index is 11.3. The van der Waals surface area contributed by atoms with Gasteiger partial charge in [0.1, 0.15) is 0 Å². The van der Waals surface area contributed by atoms with Crippen LogP contribution in [0.15, 0.2) is 12.2 Å². The smallest absolute Gasteiger partial charge is 0.231 e. The van der Waals surface area contributed by atoms with E-state index in [4.69, 9.17) is 5.73 Å². The summed E-state index contributed by atoms with van der Waals surface area (Å²) in [5.41, 5.74) is 5.13. The van der Waals surface area contributed by atoms with Crippen molar-refractivity contribution in [1.82, 2.24) is 4.90 Å². The number of carbonyl (C=O) groups is 2. The van der Waals surface area contributed by atoms with Crippen LogP contribution in [-0.4, -0.2) is 36.2 Å². The highest BCUT2D eigenvalue weighted by atomic mass is 16.1. The highest BCUT2D eigenvalue weighted by Gasteiger charge is 2.06. The standard InChI is InChI=1S/C12H22N2O2/c1-4-7-14(9-12(13)16)8-5-6-11(15)10(2)3/h5-6,10H,4,7-9H2,1-3H3,(H2,13,16)/b6-5+. The van der Waals surface area contributed by atoms with Crippen molar-refractivity contribution in [3.05, 3.63) is 12.2 Å². The molecule has 0 aliphatic rings. The number of ketones is 1. The lowest BCUT2D eigenvalue weighted by molar-refractivity contribution is -0.119. The second-order valence-electron chi connectivity index (χ2n) is 4.16. The summed E-state index contributed by atoms with van der Waals surface area (Å²) < 4.78 is 0. The maximum atomic E-state index is 11.3. The second kappa shape index (κ2) is 8.05. The van der Waals surface area contributed by atoms with Crippen molar-refractivity contribution < 1.29 is 9.59 Å². The summed E-state index contributed by atoms with van der Waals surface area (Å²) in [7, 11) is 0. The fourth-order valence-electron chi connectivity index (χ4n) is 1.28. The number of nitrogens with zero attached hydrogens (tertiary/aromatic N) is 1. The largest absolute Gasteiger partial charge is 0.369 e. The third-order valence-corrected chi connectivity index (χ3v) is 2.13. The van der Waals surface area contributed by atoms with Crippen LogP contribution in [-0.2, 0) is 9.59 Å². The lowest BCUT2D eigenvalue weighted by atomic mass is 10.1. The lowest BCUT2D eigenvalue weighted by Crippen LogP contribution is -2.34. The predicted octanol–water partition coefficient (Wildman–Crippen LogP) is 0.965. The third kappa shape index (κ3) is 7.17. The predicted molar refractivity (Wildman–Crippen MR) is 64.9 cm³/mol. The van der Waals surface area contributed by atoms with Crippen molar-refractivity contribution in [2.45, 2.75) is 27.2 Å². The van der Waals surface area contributed by atoms with Crippen molar-refractivity contribution in [2.24, 2.45) is 11.7 Å². The van der Waals surface area contributed by atoms with Crippen LogP contribution in [0.2, 0.25) is 0 Å². The van der Waals surface area contributed by atoms with Gasteiger partial charge >= 0.3 is 0 Å². The fourth-order valence-corrected chi connectivity index (χ4v) is 1.28. The van der Waals surface area contributed by atoms with Crippen LogP contribution in [0.25, 0.3) is 0 Å². The van der Waals surface area contributed by atoms with Crippen LogP contribution in [0.4, 0.5) is 0 Å². The summed E-state index contributed by atoms with van der Waals surface area (Å²) in [5.74, 6) is -0.209. The van der Waals surface area contributed by atoms with Gasteiger partial charge < -0.3 is 5.73 Å². The molecule has 0 rings (SSSR count). The molecular formula is C12H22N2O2. The first-order chi connectivity index (χ1) is 7.47. The van der Waals surface area contributed by atoms with Crippen molar-refractivity contribution in [1.29, 1.82) is 0 Å². The second-order valence-corrected chi connectivity index (χ2v) is 4.16. The van der Waals surface area contributed by atoms with E-state index in [2.05, 4.69) is 0 Å². The number of hydrogen-bond donors (Lipinski definition) is 1. The first-order valence-electron chi connectivity index (χ1n) is 5.68. The molecule has 0 aliphatic carbocycles. The van der Waals surface area contributed by atoms with E-state index in [9.17, 15) is 9.59 Å². The molecule has 0 aromatic rings. The van der Waals surface area contributed by atoms with E-state index in [1.54, 1.807) is 12.2 Å². The van der Waals surface area contributed by atoms with E-state index in [0.717, 1.165) is 13.0 Å². The molecular weight excluding hydrogens is 204 g/mol. The summed E-state index contributed by atoms with van der Waals surface area (Å²) in [6, 6.07) is 0. The van der Waals surface area contributed by atoms with Gasteiger partial charge in [-0.2, -0.15) is 0 Å². The molecule has 0 aliphatic heterocycles. The Balaban J connectivity index is 4.10. The van der Waals surface area contributed by atoms with Crippen LogP contribution in [0.1, 0.15) is 27.2 Å². The molecule has 0 saturated carbocycles. The lowest BCUT2D eigenvalue weighted by Gasteiger charge is -2.17. The Hall–Kier alpha value is -1.16. The van der Waals surface area contributed by atoms with Crippen LogP contribution in [0, 0.1) is 5.92 Å². The van der Waals surface area contributed by atoms with Gasteiger partial charge in [-0.25, -0.2) is 0 Å². The molecule has 0 spiro atoms. The summed E-state index contributed by atoms with van der Waals surface area (Å²) in [6.07, 6.45) is 4.33. The zero-order chi connectivity index (χ0) is 12.6. The van der Waals surface area contributed by atoms with Crippen LogP contribution < -0.4 is 5.73 Å².